The molecule has 0 atom stereocenters. The summed E-state index contributed by atoms with van der Waals surface area (Å²) in [6.07, 6.45) is 0. The van der Waals surface area contributed by atoms with Gasteiger partial charge in [-0.25, -0.2) is 0 Å². The predicted octanol–water partition coefficient (Wildman–Crippen LogP) is 0.281. The lowest BCUT2D eigenvalue weighted by atomic mass is 12.0. The van der Waals surface area contributed by atoms with Crippen molar-refractivity contribution in [2.24, 2.45) is 0 Å². The first-order valence-electron chi connectivity index (χ1n) is 6.41. The van der Waals surface area contributed by atoms with E-state index in [9.17, 15) is 0 Å². The van der Waals surface area contributed by atoms with Crippen molar-refractivity contribution in [1.82, 2.24) is 0 Å². The molecule has 0 rings (SSSR count). The highest BCUT2D eigenvalue weighted by Gasteiger charge is 1.44. The topological polar surface area (TPSA) is 0 Å². The van der Waals surface area contributed by atoms with Gasteiger partial charge in [0.05, 0.1) is 0 Å². The molecule has 0 aliphatic rings. The van der Waals surface area contributed by atoms with Gasteiger partial charge in [0.2, 0.25) is 0 Å². The highest BCUT2D eigenvalue weighted by Crippen LogP contribution is 1.44. The first kappa shape index (κ1) is 47.1. The van der Waals surface area contributed by atoms with Gasteiger partial charge in [0.25, 0.3) is 0 Å². The Balaban J connectivity index is 6.02. The highest BCUT2D eigenvalue weighted by atomic mass is 33.5. The number of rotatable bonds is 0. The number of hydrogen-bond acceptors (Lipinski definition) is 2. The third-order valence-electron chi connectivity index (χ3n) is 1.01. The summed E-state index contributed by atoms with van der Waals surface area (Å²) in [4.78, 5) is 0. The summed E-state index contributed by atoms with van der Waals surface area (Å²) in [6, 6.07) is 0. The SMILES string of the molecule is S=C=S=S=S=S=S=S=S=S=S=S=S=S=S=S=S=S=S=S=S=S=S=S=S=S=S=S=S=S=S=S=S=S=S=S=S=S=S. The molecule has 0 fully saturated rings. The summed E-state index contributed by atoms with van der Waals surface area (Å²) >= 11 is 9.44. The molecule has 0 bridgehead atoms. The van der Waals surface area contributed by atoms with Crippen LogP contribution in [-0.4, -0.2) is 4.31 Å². The Morgan fingerprint density at radius 1 is 0.231 bits per heavy atom. The van der Waals surface area contributed by atoms with Crippen molar-refractivity contribution in [1.29, 1.82) is 0 Å². The van der Waals surface area contributed by atoms with Gasteiger partial charge in [0.15, 0.2) is 0 Å². The quantitative estimate of drug-likeness (QED) is 0.321. The van der Waals surface area contributed by atoms with Gasteiger partial charge >= 0.3 is 0 Å². The van der Waals surface area contributed by atoms with E-state index in [0.29, 0.717) is 0 Å². The van der Waals surface area contributed by atoms with Crippen molar-refractivity contribution in [2.45, 2.75) is 0 Å². The molecular weight excluding hydrogens is 1230 g/mol. The second kappa shape index (κ2) is 46.1. The zero-order chi connectivity index (χ0) is 28.2. The van der Waals surface area contributed by atoms with Crippen LogP contribution in [-0.2, 0) is 332 Å². The van der Waals surface area contributed by atoms with Gasteiger partial charge in [0, 0.05) is 255 Å². The molecule has 0 spiro atoms. The van der Waals surface area contributed by atoms with Gasteiger partial charge in [-0.15, -0.1) is 0 Å². The van der Waals surface area contributed by atoms with Gasteiger partial charge in [-0.05, 0) is 93.2 Å². The summed E-state index contributed by atoms with van der Waals surface area (Å²) in [7, 11) is 63.8. The normalized spacial score (nSPS) is 7.59. The fourth-order valence-corrected chi connectivity index (χ4v) is 93.2. The smallest absolute Gasteiger partial charge is 0.0148 e. The van der Waals surface area contributed by atoms with E-state index in [4.69, 9.17) is 11.2 Å². The van der Waals surface area contributed by atoms with Crippen LogP contribution < -0.4 is 0 Å². The zero-order valence-corrected chi connectivity index (χ0v) is 47.0. The minimum atomic E-state index is 1.37. The first-order chi connectivity index (χ1) is 19.4. The average Bonchev–Trinajstić information content (AvgIpc) is 2.95. The van der Waals surface area contributed by atoms with Gasteiger partial charge in [0.1, 0.15) is 0 Å². The molecule has 0 aliphatic carbocycles. The van der Waals surface area contributed by atoms with E-state index >= 15 is 0 Å². The second-order valence-corrected chi connectivity index (χ2v) is 65.8. The molecule has 0 aliphatic heterocycles. The Bertz CT molecular complexity index is 2330. The van der Waals surface area contributed by atoms with Crippen LogP contribution in [0.5, 0.6) is 0 Å². The van der Waals surface area contributed by atoms with Crippen LogP contribution in [0, 0.1) is 0 Å². The maximum absolute atomic E-state index is 4.80. The summed E-state index contributed by atoms with van der Waals surface area (Å²) < 4.78 is 2.62. The second-order valence-electron chi connectivity index (χ2n) is 2.55. The molecule has 0 heterocycles. The van der Waals surface area contributed by atoms with E-state index < -0.39 is 0 Å². The number of hydrogen-bond donors (Lipinski definition) is 0. The van der Waals surface area contributed by atoms with Crippen molar-refractivity contribution in [3.8, 4) is 0 Å². The Morgan fingerprint density at radius 2 is 0.385 bits per heavy atom. The van der Waals surface area contributed by atoms with Crippen LogP contribution in [0.25, 0.3) is 0 Å². The minimum Gasteiger partial charge on any atom is -0.0148 e. The van der Waals surface area contributed by atoms with Gasteiger partial charge < -0.3 is 0 Å². The molecule has 0 saturated carbocycles. The molecule has 0 saturated heterocycles. The van der Waals surface area contributed by atoms with Crippen LogP contribution in [0.4, 0.5) is 0 Å². The van der Waals surface area contributed by atoms with E-state index in [-0.39, 0.29) is 0 Å². The van der Waals surface area contributed by atoms with E-state index in [1.807, 2.05) is 186 Å². The fraction of sp³-hybridized carbons (Fsp3) is 0. The van der Waals surface area contributed by atoms with Crippen LogP contribution >= 0.6 is 12.2 Å². The van der Waals surface area contributed by atoms with E-state index in [2.05, 4.69) is 16.5 Å². The summed E-state index contributed by atoms with van der Waals surface area (Å²) in [5.41, 5.74) is 0. The molecule has 38 heteroatoms. The third kappa shape index (κ3) is 46.1. The average molecular weight is 1230 g/mol. The molecule has 0 aromatic carbocycles. The van der Waals surface area contributed by atoms with Crippen molar-refractivity contribution < 1.29 is 0 Å². The lowest BCUT2D eigenvalue weighted by Gasteiger charge is -1.41. The molecule has 0 radical (unpaired) electrons. The van der Waals surface area contributed by atoms with E-state index in [1.54, 1.807) is 115 Å². The Labute approximate surface area is 338 Å². The molecular formula is CS38. The highest BCUT2D eigenvalue weighted by molar-refractivity contribution is 8.80. The lowest BCUT2D eigenvalue weighted by molar-refractivity contribution is 4.64. The maximum atomic E-state index is 4.80. The van der Waals surface area contributed by atoms with Crippen LogP contribution in [0.3, 0.4) is 0 Å². The van der Waals surface area contributed by atoms with E-state index in [1.165, 1.54) is 18.8 Å². The molecule has 0 amide bonds. The Hall–Kier alpha value is 8.14. The predicted molar refractivity (Wildman–Crippen MR) is 285 cm³/mol. The lowest BCUT2D eigenvalue weighted by Crippen LogP contribution is -1.41. The Kier molecular flexibility index (Phi) is 55.8. The van der Waals surface area contributed by atoms with Crippen molar-refractivity contribution >= 4 is 348 Å². The monoisotopic (exact) mass is 1230 g/mol. The molecule has 0 unspecified atom stereocenters. The molecule has 0 aromatic rings. The van der Waals surface area contributed by atoms with Crippen molar-refractivity contribution in [3.05, 3.63) is 0 Å². The zero-order valence-electron chi connectivity index (χ0n) is 16.0. The molecule has 39 heavy (non-hydrogen) atoms. The fourth-order valence-electron chi connectivity index (χ4n) is 0.402. The van der Waals surface area contributed by atoms with Gasteiger partial charge in [-0.2, -0.15) is 0 Å². The summed E-state index contributed by atoms with van der Waals surface area (Å²) in [5.74, 6) is 0. The molecule has 0 N–H and O–H groups in total. The largest absolute Gasteiger partial charge is 0.0298 e. The number of thiocarbonyl (C=S) groups is 1. The first-order valence-corrected chi connectivity index (χ1v) is 55.2. The summed E-state index contributed by atoms with van der Waals surface area (Å²) in [6.45, 7) is 0. The Morgan fingerprint density at radius 3 is 0.538 bits per heavy atom. The molecule has 0 nitrogen and oxygen atoms in total. The maximum Gasteiger partial charge on any atom is 0.0298 e. The van der Waals surface area contributed by atoms with Crippen LogP contribution in [0.15, 0.2) is 0 Å². The van der Waals surface area contributed by atoms with Crippen LogP contribution in [0.1, 0.15) is 0 Å². The molecule has 232 valence electrons. The third-order valence-corrected chi connectivity index (χ3v) is 78.3. The standard InChI is InChI=1S/CS38/c2-1-4-6-8-10-12-14-16-18-20-22-24-26-28-30-32-34-36-38-39-37-35-33-31-29-27-25-23-21-19-17-15-13-11-9-7-5-3. The van der Waals surface area contributed by atoms with E-state index in [0.717, 1.165) is 0 Å². The van der Waals surface area contributed by atoms with Gasteiger partial charge in [-0.3, -0.25) is 0 Å². The minimum absolute atomic E-state index is 1.37. The van der Waals surface area contributed by atoms with Crippen LogP contribution in [0.2, 0.25) is 0 Å². The molecule has 0 aromatic heterocycles. The van der Waals surface area contributed by atoms with Crippen molar-refractivity contribution in [3.63, 3.8) is 0 Å². The van der Waals surface area contributed by atoms with Crippen molar-refractivity contribution in [2.75, 3.05) is 0 Å². The van der Waals surface area contributed by atoms with Gasteiger partial charge in [-0.1, -0.05) is 0 Å². The summed E-state index contributed by atoms with van der Waals surface area (Å²) in [5, 5.41) is 0.